The predicted octanol–water partition coefficient (Wildman–Crippen LogP) is 5.66. The number of nitrogens with zero attached hydrogens (tertiary/aromatic N) is 6. The van der Waals surface area contributed by atoms with Crippen LogP contribution in [0, 0.1) is 24.5 Å². The maximum Gasteiger partial charge on any atom is 0.276 e. The van der Waals surface area contributed by atoms with E-state index in [1.54, 1.807) is 0 Å². The molecule has 0 saturated heterocycles. The molecule has 4 heterocycles. The second-order valence-corrected chi connectivity index (χ2v) is 10.6. The molecule has 10 nitrogen and oxygen atoms in total. The topological polar surface area (TPSA) is 127 Å². The number of carbonyl (C=O) groups excluding carboxylic acids is 1. The Hall–Kier alpha value is -4.50. The molecule has 43 heavy (non-hydrogen) atoms. The molecule has 2 atom stereocenters. The summed E-state index contributed by atoms with van der Waals surface area (Å²) in [5, 5.41) is 17.8. The minimum Gasteiger partial charge on any atom is -0.340 e. The molecule has 0 radical (unpaired) electrons. The quantitative estimate of drug-likeness (QED) is 0.218. The average Bonchev–Trinajstić information content (AvgIpc) is 3.69. The third kappa shape index (κ3) is 5.52. The zero-order valence-electron chi connectivity index (χ0n) is 22.5. The lowest BCUT2D eigenvalue weighted by molar-refractivity contribution is -0.0496. The summed E-state index contributed by atoms with van der Waals surface area (Å²) in [4.78, 5) is 20.4. The fourth-order valence-electron chi connectivity index (χ4n) is 5.62. The zero-order valence-corrected chi connectivity index (χ0v) is 22.5. The summed E-state index contributed by atoms with van der Waals surface area (Å²) in [5.41, 5.74) is 0.0792. The van der Waals surface area contributed by atoms with Gasteiger partial charge in [0.1, 0.15) is 28.7 Å². The van der Waals surface area contributed by atoms with Gasteiger partial charge in [-0.3, -0.25) is 9.20 Å². The van der Waals surface area contributed by atoms with Crippen LogP contribution in [0.2, 0.25) is 0 Å². The van der Waals surface area contributed by atoms with Crippen LogP contribution < -0.4 is 5.32 Å². The minimum absolute atomic E-state index is 0.0474. The lowest BCUT2D eigenvalue weighted by atomic mass is 9.81. The molecule has 6 rings (SSSR count). The third-order valence-corrected chi connectivity index (χ3v) is 7.82. The molecule has 226 valence electrons. The second kappa shape index (κ2) is 11.0. The lowest BCUT2D eigenvalue weighted by Gasteiger charge is -2.33. The number of benzene rings is 1. The molecule has 1 amide bonds. The molecule has 1 aliphatic carbocycles. The van der Waals surface area contributed by atoms with Crippen molar-refractivity contribution in [2.24, 2.45) is 5.92 Å². The van der Waals surface area contributed by atoms with E-state index in [4.69, 9.17) is 0 Å². The zero-order chi connectivity index (χ0) is 30.5. The summed E-state index contributed by atoms with van der Waals surface area (Å²) < 4.78 is 91.3. The molecule has 16 heteroatoms. The summed E-state index contributed by atoms with van der Waals surface area (Å²) in [5.74, 6) is -6.95. The molecular formula is C27H24F6N8O2. The van der Waals surface area contributed by atoms with E-state index in [0.29, 0.717) is 0 Å². The van der Waals surface area contributed by atoms with Crippen LogP contribution >= 0.6 is 0 Å². The average molecular weight is 607 g/mol. The van der Waals surface area contributed by atoms with Crippen LogP contribution in [0.3, 0.4) is 0 Å². The van der Waals surface area contributed by atoms with E-state index in [1.165, 1.54) is 29.5 Å². The van der Waals surface area contributed by atoms with Crippen molar-refractivity contribution in [2.45, 2.75) is 63.3 Å². The molecule has 0 aliphatic heterocycles. The molecular weight excluding hydrogens is 582 g/mol. The first-order valence-electron chi connectivity index (χ1n) is 13.4. The Morgan fingerprint density at radius 1 is 1.14 bits per heavy atom. The first-order valence-corrected chi connectivity index (χ1v) is 13.4. The number of imidazole rings is 1. The van der Waals surface area contributed by atoms with Gasteiger partial charge in [0.15, 0.2) is 17.2 Å². The number of aromatic nitrogens is 7. The minimum atomic E-state index is -2.87. The fraction of sp³-hybridized carbons (Fsp3) is 0.407. The largest absolute Gasteiger partial charge is 0.340 e. The van der Waals surface area contributed by atoms with E-state index in [-0.39, 0.29) is 58.1 Å². The monoisotopic (exact) mass is 606 g/mol. The molecule has 1 fully saturated rings. The molecule has 5 aromatic rings. The van der Waals surface area contributed by atoms with Gasteiger partial charge in [0.25, 0.3) is 5.91 Å². The summed E-state index contributed by atoms with van der Waals surface area (Å²) in [6.45, 7) is 1.50. The van der Waals surface area contributed by atoms with Crippen LogP contribution in [0.4, 0.5) is 26.3 Å². The Bertz CT molecular complexity index is 1790. The lowest BCUT2D eigenvalue weighted by Crippen LogP contribution is -2.38. The molecule has 2 N–H and O–H groups in total. The summed E-state index contributed by atoms with van der Waals surface area (Å²) in [7, 11) is 0. The molecule has 1 aliphatic rings. The smallest absolute Gasteiger partial charge is 0.276 e. The normalized spacial score (nSPS) is 17.1. The Kier molecular flexibility index (Phi) is 7.30. The van der Waals surface area contributed by atoms with Crippen LogP contribution in [-0.4, -0.2) is 53.1 Å². The molecule has 0 bridgehead atoms. The van der Waals surface area contributed by atoms with E-state index in [2.05, 4.69) is 40.4 Å². The number of pyridine rings is 1. The standard InChI is InChI=1S/C27H24F6N8O2/c1-12-21(40-43-39-12)26(42)36-22(13-6-8-27(32,33)9-7-13)24-34-17-4-3-15(20(31)23(17)35-24)16(10-18(29)30)25-38-37-19-5-2-14(28)11-41(19)25/h2-5,11,13,16,18,22H,6-10H2,1H3,(H,34,35)(H,36,42)/t16-,22-/m0/s1. The number of carbonyl (C=O) groups is 1. The van der Waals surface area contributed by atoms with Gasteiger partial charge in [-0.1, -0.05) is 11.2 Å². The number of hydrogen-bond donors (Lipinski definition) is 2. The Labute approximate surface area is 238 Å². The van der Waals surface area contributed by atoms with Crippen LogP contribution in [-0.2, 0) is 0 Å². The number of alkyl halides is 4. The van der Waals surface area contributed by atoms with Gasteiger partial charge in [-0.25, -0.2) is 36.0 Å². The Morgan fingerprint density at radius 3 is 2.60 bits per heavy atom. The van der Waals surface area contributed by atoms with Crippen molar-refractivity contribution in [1.29, 1.82) is 0 Å². The van der Waals surface area contributed by atoms with Crippen LogP contribution in [0.25, 0.3) is 16.7 Å². The number of halogens is 6. The fourth-order valence-corrected chi connectivity index (χ4v) is 5.62. The first-order chi connectivity index (χ1) is 20.5. The summed E-state index contributed by atoms with van der Waals surface area (Å²) in [6.07, 6.45) is -3.40. The molecule has 0 spiro atoms. The van der Waals surface area contributed by atoms with Gasteiger partial charge in [0.2, 0.25) is 12.3 Å². The van der Waals surface area contributed by atoms with E-state index < -0.39 is 67.0 Å². The van der Waals surface area contributed by atoms with Crippen molar-refractivity contribution in [3.05, 3.63) is 70.7 Å². The summed E-state index contributed by atoms with van der Waals surface area (Å²) in [6, 6.07) is 4.24. The highest BCUT2D eigenvalue weighted by Crippen LogP contribution is 2.42. The molecule has 0 unspecified atom stereocenters. The van der Waals surface area contributed by atoms with Crippen molar-refractivity contribution >= 4 is 22.6 Å². The van der Waals surface area contributed by atoms with Gasteiger partial charge < -0.3 is 10.3 Å². The van der Waals surface area contributed by atoms with Gasteiger partial charge in [-0.15, -0.1) is 10.2 Å². The van der Waals surface area contributed by atoms with Crippen molar-refractivity contribution in [1.82, 2.24) is 40.2 Å². The number of H-pyrrole nitrogens is 1. The van der Waals surface area contributed by atoms with Crippen molar-refractivity contribution in [3.8, 4) is 0 Å². The number of rotatable bonds is 8. The maximum atomic E-state index is 16.1. The van der Waals surface area contributed by atoms with Crippen LogP contribution in [0.5, 0.6) is 0 Å². The number of aryl methyl sites for hydroxylation is 1. The predicted molar refractivity (Wildman–Crippen MR) is 138 cm³/mol. The van der Waals surface area contributed by atoms with Gasteiger partial charge in [-0.2, -0.15) is 0 Å². The molecule has 1 aromatic carbocycles. The molecule has 4 aromatic heterocycles. The molecule has 1 saturated carbocycles. The van der Waals surface area contributed by atoms with Gasteiger partial charge in [0, 0.05) is 31.0 Å². The van der Waals surface area contributed by atoms with Crippen molar-refractivity contribution < 1.29 is 35.8 Å². The highest BCUT2D eigenvalue weighted by atomic mass is 19.3. The summed E-state index contributed by atoms with van der Waals surface area (Å²) >= 11 is 0. The SMILES string of the molecule is Cc1nonc1C(=O)N[C@H](c1nc2c(F)c([C@H](CC(F)F)c3nnc4ccc(F)cn34)ccc2[nH]1)C1CCC(F)(F)CC1. The van der Waals surface area contributed by atoms with Crippen molar-refractivity contribution in [3.63, 3.8) is 0 Å². The van der Waals surface area contributed by atoms with E-state index in [9.17, 15) is 26.7 Å². The van der Waals surface area contributed by atoms with Crippen LogP contribution in [0.15, 0.2) is 35.1 Å². The second-order valence-electron chi connectivity index (χ2n) is 10.6. The number of hydrogen-bond acceptors (Lipinski definition) is 7. The first kappa shape index (κ1) is 28.6. The van der Waals surface area contributed by atoms with Gasteiger partial charge in [-0.05, 0) is 49.0 Å². The number of aromatic amines is 1. The number of nitrogens with one attached hydrogen (secondary N) is 2. The maximum absolute atomic E-state index is 16.1. The van der Waals surface area contributed by atoms with Gasteiger partial charge in [0.05, 0.1) is 17.5 Å². The number of amides is 1. The van der Waals surface area contributed by atoms with E-state index in [0.717, 1.165) is 12.3 Å². The highest BCUT2D eigenvalue weighted by Gasteiger charge is 2.40. The van der Waals surface area contributed by atoms with Crippen LogP contribution in [0.1, 0.15) is 77.5 Å². The highest BCUT2D eigenvalue weighted by molar-refractivity contribution is 5.93. The Balaban J connectivity index is 1.40. The van der Waals surface area contributed by atoms with E-state index in [1.807, 2.05) is 0 Å². The van der Waals surface area contributed by atoms with Crippen molar-refractivity contribution in [2.75, 3.05) is 0 Å². The Morgan fingerprint density at radius 2 is 1.91 bits per heavy atom. The number of fused-ring (bicyclic) bond motifs is 2. The third-order valence-electron chi connectivity index (χ3n) is 7.82. The van der Waals surface area contributed by atoms with E-state index >= 15 is 4.39 Å². The van der Waals surface area contributed by atoms with Gasteiger partial charge >= 0.3 is 0 Å².